The van der Waals surface area contributed by atoms with Gasteiger partial charge in [0.15, 0.2) is 0 Å². The molecule has 0 radical (unpaired) electrons. The van der Waals surface area contributed by atoms with Crippen molar-refractivity contribution in [1.82, 2.24) is 0 Å². The van der Waals surface area contributed by atoms with E-state index < -0.39 is 64.4 Å². The van der Waals surface area contributed by atoms with Gasteiger partial charge in [-0.3, -0.25) is 14.5 Å². The average molecular weight is 536 g/mol. The molecule has 0 aliphatic rings. The van der Waals surface area contributed by atoms with Crippen LogP contribution in [0.3, 0.4) is 0 Å². The number of para-hydroxylation sites is 1. The maximum absolute atomic E-state index is 11.6. The van der Waals surface area contributed by atoms with Crippen molar-refractivity contribution in [3.05, 3.63) is 71.8 Å². The van der Waals surface area contributed by atoms with Crippen LogP contribution in [0, 0.1) is 0 Å². The van der Waals surface area contributed by atoms with Crippen molar-refractivity contribution in [3.8, 4) is 5.75 Å². The summed E-state index contributed by atoms with van der Waals surface area (Å²) in [5.41, 5.74) is 6.81. The number of carboxylic acids is 1. The molecule has 3 aromatic rings. The fraction of sp³-hybridized carbons (Fsp3) is 0. The van der Waals surface area contributed by atoms with E-state index in [0.717, 1.165) is 24.3 Å². The van der Waals surface area contributed by atoms with E-state index >= 15 is 0 Å². The largest absolute Gasteiger partial charge is 0.505 e. The number of phenolic OH excluding ortho intramolecular Hbond substituents is 1. The van der Waals surface area contributed by atoms with Crippen LogP contribution in [0.5, 0.6) is 5.75 Å². The van der Waals surface area contributed by atoms with E-state index in [4.69, 9.17) is 10.3 Å². The van der Waals surface area contributed by atoms with Gasteiger partial charge in [0, 0.05) is 0 Å². The summed E-state index contributed by atoms with van der Waals surface area (Å²) in [5, 5.41) is 31.3. The van der Waals surface area contributed by atoms with Gasteiger partial charge in [-0.2, -0.15) is 21.9 Å². The quantitative estimate of drug-likeness (QED) is 0.0488. The van der Waals surface area contributed by atoms with Crippen LogP contribution in [0.1, 0.15) is 15.9 Å². The Balaban J connectivity index is 2.18. The highest BCUT2D eigenvalue weighted by atomic mass is 32.2. The van der Waals surface area contributed by atoms with Crippen molar-refractivity contribution in [2.24, 2.45) is 15.3 Å². The van der Waals surface area contributed by atoms with Crippen LogP contribution >= 0.6 is 0 Å². The van der Waals surface area contributed by atoms with Gasteiger partial charge in [0.1, 0.15) is 11.4 Å². The molecule has 0 atom stereocenters. The Morgan fingerprint density at radius 1 is 0.861 bits per heavy atom. The molecule has 0 aliphatic heterocycles. The third-order valence-electron chi connectivity index (χ3n) is 4.47. The lowest BCUT2D eigenvalue weighted by atomic mass is 10.1. The zero-order chi connectivity index (χ0) is 26.7. The van der Waals surface area contributed by atoms with Gasteiger partial charge < -0.3 is 15.9 Å². The number of nitrogen functional groups attached to an aromatic ring is 1. The maximum atomic E-state index is 11.6. The van der Waals surface area contributed by atoms with Gasteiger partial charge in [-0.25, -0.2) is 4.79 Å². The molecule has 14 nitrogen and oxygen atoms in total. The number of carbonyl (C=O) groups is 1. The fourth-order valence-corrected chi connectivity index (χ4v) is 3.80. The normalized spacial score (nSPS) is 12.6. The number of aromatic carboxylic acids is 1. The number of aromatic hydroxyl groups is 1. The molecule has 0 saturated carbocycles. The molecule has 0 amide bonds. The fourth-order valence-electron chi connectivity index (χ4n) is 2.75. The molecule has 0 saturated heterocycles. The summed E-state index contributed by atoms with van der Waals surface area (Å²) in [6, 6.07) is 12.4. The number of carboxylic acid groups (broad SMARTS) is 1. The minimum Gasteiger partial charge on any atom is -0.505 e. The average Bonchev–Trinajstić information content (AvgIpc) is 2.80. The lowest BCUT2D eigenvalue weighted by molar-refractivity contribution is 0.0697. The molecule has 188 valence electrons. The van der Waals surface area contributed by atoms with Crippen LogP contribution in [0.15, 0.2) is 85.8 Å². The minimum atomic E-state index is -4.77. The summed E-state index contributed by atoms with van der Waals surface area (Å²) in [6.45, 7) is 0. The Morgan fingerprint density at radius 3 is 2.06 bits per heavy atom. The summed E-state index contributed by atoms with van der Waals surface area (Å²) in [6.07, 6.45) is 0. The smallest absolute Gasteiger partial charge is 0.338 e. The number of nitrogens with one attached hydrogen (secondary N) is 1. The first-order chi connectivity index (χ1) is 16.8. The summed E-state index contributed by atoms with van der Waals surface area (Å²) in [5.74, 6) is -2.77. The van der Waals surface area contributed by atoms with E-state index in [1.165, 1.54) is 0 Å². The molecule has 0 spiro atoms. The topological polar surface area (TPSA) is 241 Å². The minimum absolute atomic E-state index is 0.374. The van der Waals surface area contributed by atoms with Crippen molar-refractivity contribution in [3.63, 3.8) is 0 Å². The lowest BCUT2D eigenvalue weighted by Gasteiger charge is -2.10. The first kappa shape index (κ1) is 26.2. The standard InChI is InChI=1S/C20H17N5O9S2/c21-16-10-13(36(32,33)34)9-15(18(16)26)19(24-22-11-4-2-1-3-5-11)25-23-17-7-6-12(35(29,30)31)8-14(17)20(27)28/h1-10,22,26H,21H2,(H,27,28)(H,29,30,31)(H,32,33,34). The van der Waals surface area contributed by atoms with Gasteiger partial charge in [-0.05, 0) is 42.5 Å². The van der Waals surface area contributed by atoms with Crippen molar-refractivity contribution in [2.75, 3.05) is 11.2 Å². The van der Waals surface area contributed by atoms with Crippen LogP contribution in [0.4, 0.5) is 17.1 Å². The number of hydrogen-bond acceptors (Lipinski definition) is 10. The van der Waals surface area contributed by atoms with Crippen LogP contribution in [-0.2, 0) is 20.2 Å². The van der Waals surface area contributed by atoms with Gasteiger partial charge in [-0.1, -0.05) is 18.2 Å². The van der Waals surface area contributed by atoms with Crippen LogP contribution in [0.25, 0.3) is 0 Å². The van der Waals surface area contributed by atoms with Crippen LogP contribution in [-0.4, -0.2) is 48.0 Å². The number of anilines is 2. The summed E-state index contributed by atoms with van der Waals surface area (Å²) in [7, 11) is -9.48. The number of azo groups is 1. The van der Waals surface area contributed by atoms with Gasteiger partial charge in [0.05, 0.1) is 32.3 Å². The number of benzene rings is 3. The van der Waals surface area contributed by atoms with Gasteiger partial charge in [0.25, 0.3) is 20.2 Å². The lowest BCUT2D eigenvalue weighted by Crippen LogP contribution is -2.07. The molecule has 0 unspecified atom stereocenters. The molecule has 36 heavy (non-hydrogen) atoms. The zero-order valence-electron chi connectivity index (χ0n) is 17.8. The van der Waals surface area contributed by atoms with Gasteiger partial charge in [0.2, 0.25) is 5.84 Å². The highest BCUT2D eigenvalue weighted by Crippen LogP contribution is 2.31. The molecule has 3 rings (SSSR count). The molecule has 0 aromatic heterocycles. The third kappa shape index (κ3) is 6.19. The predicted octanol–water partition coefficient (Wildman–Crippen LogP) is 2.72. The maximum Gasteiger partial charge on any atom is 0.338 e. The number of phenols is 1. The van der Waals surface area contributed by atoms with E-state index in [2.05, 4.69) is 20.8 Å². The summed E-state index contributed by atoms with van der Waals surface area (Å²) < 4.78 is 64.5. The molecule has 0 aliphatic carbocycles. The van der Waals surface area contributed by atoms with Crippen LogP contribution in [0.2, 0.25) is 0 Å². The number of hydrogen-bond donors (Lipinski definition) is 6. The Kier molecular flexibility index (Phi) is 7.35. The molecular weight excluding hydrogens is 518 g/mol. The molecule has 7 N–H and O–H groups in total. The SMILES string of the molecule is Nc1cc(S(=O)(=O)O)cc(C(N=Nc2ccc(S(=O)(=O)O)cc2C(=O)O)=NNc2ccccc2)c1O. The van der Waals surface area contributed by atoms with Crippen molar-refractivity contribution in [2.45, 2.75) is 9.79 Å². The number of nitrogens with zero attached hydrogens (tertiary/aromatic N) is 3. The van der Waals surface area contributed by atoms with E-state index in [0.29, 0.717) is 11.8 Å². The molecule has 3 aromatic carbocycles. The first-order valence-electron chi connectivity index (χ1n) is 9.53. The molecule has 0 bridgehead atoms. The molecule has 0 fully saturated rings. The van der Waals surface area contributed by atoms with Crippen LogP contribution < -0.4 is 11.2 Å². The second kappa shape index (κ2) is 10.1. The van der Waals surface area contributed by atoms with Gasteiger partial charge >= 0.3 is 5.97 Å². The van der Waals surface area contributed by atoms with Crippen molar-refractivity contribution in [1.29, 1.82) is 0 Å². The second-order valence-electron chi connectivity index (χ2n) is 6.96. The first-order valence-corrected chi connectivity index (χ1v) is 12.4. The van der Waals surface area contributed by atoms with Crippen molar-refractivity contribution >= 4 is 49.1 Å². The predicted molar refractivity (Wildman–Crippen MR) is 127 cm³/mol. The van der Waals surface area contributed by atoms with Crippen molar-refractivity contribution < 1.29 is 40.9 Å². The monoisotopic (exact) mass is 535 g/mol. The Labute approximate surface area is 203 Å². The number of rotatable bonds is 7. The number of hydrazone groups is 1. The Hall–Kier alpha value is -4.38. The Bertz CT molecular complexity index is 1600. The van der Waals surface area contributed by atoms with Gasteiger partial charge in [-0.15, -0.1) is 10.2 Å². The highest BCUT2D eigenvalue weighted by Gasteiger charge is 2.21. The Morgan fingerprint density at radius 2 is 1.47 bits per heavy atom. The zero-order valence-corrected chi connectivity index (χ0v) is 19.5. The molecule has 16 heteroatoms. The molecular formula is C20H17N5O9S2. The second-order valence-corrected chi connectivity index (χ2v) is 9.80. The number of nitrogens with two attached hydrogens (primary N) is 1. The third-order valence-corrected chi connectivity index (χ3v) is 6.15. The molecule has 0 heterocycles. The summed E-state index contributed by atoms with van der Waals surface area (Å²) >= 11 is 0. The van der Waals surface area contributed by atoms with E-state index in [1.807, 2.05) is 0 Å². The van der Waals surface area contributed by atoms with E-state index in [9.17, 15) is 36.4 Å². The summed E-state index contributed by atoms with van der Waals surface area (Å²) in [4.78, 5) is 10.2. The number of amidine groups is 1. The van der Waals surface area contributed by atoms with E-state index in [-0.39, 0.29) is 5.69 Å². The highest BCUT2D eigenvalue weighted by molar-refractivity contribution is 7.86. The van der Waals surface area contributed by atoms with E-state index in [1.54, 1.807) is 30.3 Å².